The van der Waals surface area contributed by atoms with Crippen LogP contribution < -0.4 is 11.1 Å². The maximum absolute atomic E-state index is 12.2. The van der Waals surface area contributed by atoms with Crippen molar-refractivity contribution in [2.45, 2.75) is 38.1 Å². The van der Waals surface area contributed by atoms with Crippen molar-refractivity contribution in [3.63, 3.8) is 0 Å². The fraction of sp³-hybridized carbons (Fsp3) is 0.562. The SMILES string of the molecule is NC(CNC(=O)C1CCc2ccccc2C1)C1CC1. The van der Waals surface area contributed by atoms with Gasteiger partial charge in [0, 0.05) is 18.5 Å². The van der Waals surface area contributed by atoms with Gasteiger partial charge in [0.15, 0.2) is 0 Å². The van der Waals surface area contributed by atoms with E-state index < -0.39 is 0 Å². The molecule has 19 heavy (non-hydrogen) atoms. The van der Waals surface area contributed by atoms with E-state index in [4.69, 9.17) is 5.73 Å². The number of hydrogen-bond acceptors (Lipinski definition) is 2. The van der Waals surface area contributed by atoms with E-state index in [1.165, 1.54) is 24.0 Å². The summed E-state index contributed by atoms with van der Waals surface area (Å²) in [6.45, 7) is 0.641. The molecule has 2 aliphatic carbocycles. The number of fused-ring (bicyclic) bond motifs is 1. The molecule has 1 amide bonds. The molecule has 1 fully saturated rings. The number of benzene rings is 1. The normalized spacial score (nSPS) is 23.5. The van der Waals surface area contributed by atoms with Crippen LogP contribution in [-0.4, -0.2) is 18.5 Å². The summed E-state index contributed by atoms with van der Waals surface area (Å²) in [7, 11) is 0. The zero-order valence-corrected chi connectivity index (χ0v) is 11.3. The van der Waals surface area contributed by atoms with Crippen molar-refractivity contribution in [2.24, 2.45) is 17.6 Å². The molecule has 3 heteroatoms. The van der Waals surface area contributed by atoms with Crippen LogP contribution in [0.15, 0.2) is 24.3 Å². The quantitative estimate of drug-likeness (QED) is 0.862. The average Bonchev–Trinajstić information content (AvgIpc) is 3.28. The Labute approximate surface area is 114 Å². The van der Waals surface area contributed by atoms with Crippen LogP contribution in [0.2, 0.25) is 0 Å². The summed E-state index contributed by atoms with van der Waals surface area (Å²) >= 11 is 0. The highest BCUT2D eigenvalue weighted by molar-refractivity contribution is 5.79. The number of amides is 1. The van der Waals surface area contributed by atoms with Gasteiger partial charge in [0.2, 0.25) is 5.91 Å². The Morgan fingerprint density at radius 2 is 2.00 bits per heavy atom. The van der Waals surface area contributed by atoms with Gasteiger partial charge < -0.3 is 11.1 Å². The maximum atomic E-state index is 12.2. The van der Waals surface area contributed by atoms with Crippen molar-refractivity contribution in [1.29, 1.82) is 0 Å². The summed E-state index contributed by atoms with van der Waals surface area (Å²) in [5.41, 5.74) is 8.76. The number of aryl methyl sites for hydroxylation is 1. The minimum Gasteiger partial charge on any atom is -0.354 e. The molecule has 0 aliphatic heterocycles. The second kappa shape index (κ2) is 5.33. The molecule has 0 radical (unpaired) electrons. The smallest absolute Gasteiger partial charge is 0.223 e. The fourth-order valence-corrected chi connectivity index (χ4v) is 2.98. The van der Waals surface area contributed by atoms with Gasteiger partial charge in [-0.25, -0.2) is 0 Å². The number of nitrogens with one attached hydrogen (secondary N) is 1. The lowest BCUT2D eigenvalue weighted by Gasteiger charge is -2.24. The Bertz CT molecular complexity index is 468. The lowest BCUT2D eigenvalue weighted by Crippen LogP contribution is -2.42. The lowest BCUT2D eigenvalue weighted by molar-refractivity contribution is -0.125. The van der Waals surface area contributed by atoms with Crippen LogP contribution in [0, 0.1) is 11.8 Å². The van der Waals surface area contributed by atoms with E-state index in [9.17, 15) is 4.79 Å². The molecular formula is C16H22N2O. The third-order valence-electron chi connectivity index (χ3n) is 4.46. The Balaban J connectivity index is 1.53. The maximum Gasteiger partial charge on any atom is 0.223 e. The van der Waals surface area contributed by atoms with E-state index in [2.05, 4.69) is 29.6 Å². The third kappa shape index (κ3) is 2.98. The molecule has 2 atom stereocenters. The Morgan fingerprint density at radius 3 is 2.74 bits per heavy atom. The van der Waals surface area contributed by atoms with Crippen molar-refractivity contribution >= 4 is 5.91 Å². The third-order valence-corrected chi connectivity index (χ3v) is 4.46. The standard InChI is InChI=1S/C16H22N2O/c17-15(12-6-7-12)10-18-16(19)14-8-5-11-3-1-2-4-13(11)9-14/h1-4,12,14-15H,5-10,17H2,(H,18,19). The van der Waals surface area contributed by atoms with E-state index in [0.717, 1.165) is 19.3 Å². The van der Waals surface area contributed by atoms with Gasteiger partial charge in [0.05, 0.1) is 0 Å². The topological polar surface area (TPSA) is 55.1 Å². The zero-order valence-electron chi connectivity index (χ0n) is 11.3. The molecule has 1 aromatic carbocycles. The molecule has 0 aromatic heterocycles. The number of carbonyl (C=O) groups excluding carboxylic acids is 1. The summed E-state index contributed by atoms with van der Waals surface area (Å²) in [6.07, 6.45) is 5.31. The van der Waals surface area contributed by atoms with Crippen molar-refractivity contribution in [2.75, 3.05) is 6.54 Å². The van der Waals surface area contributed by atoms with Crippen molar-refractivity contribution in [1.82, 2.24) is 5.32 Å². The highest BCUT2D eigenvalue weighted by Gasteiger charge is 2.30. The summed E-state index contributed by atoms with van der Waals surface area (Å²) in [5.74, 6) is 0.958. The minimum atomic E-state index is 0.126. The zero-order chi connectivity index (χ0) is 13.2. The average molecular weight is 258 g/mol. The molecule has 3 rings (SSSR count). The van der Waals surface area contributed by atoms with Gasteiger partial charge in [0.1, 0.15) is 0 Å². The molecule has 3 nitrogen and oxygen atoms in total. The van der Waals surface area contributed by atoms with E-state index >= 15 is 0 Å². The predicted octanol–water partition coefficient (Wildman–Crippen LogP) is 1.64. The summed E-state index contributed by atoms with van der Waals surface area (Å²) in [5, 5.41) is 3.04. The number of nitrogens with two attached hydrogens (primary N) is 1. The molecule has 1 saturated carbocycles. The monoisotopic (exact) mass is 258 g/mol. The first-order valence-corrected chi connectivity index (χ1v) is 7.34. The van der Waals surface area contributed by atoms with Gasteiger partial charge in [-0.05, 0) is 49.1 Å². The molecule has 2 aliphatic rings. The van der Waals surface area contributed by atoms with E-state index in [1.54, 1.807) is 0 Å². The summed E-state index contributed by atoms with van der Waals surface area (Å²) in [6, 6.07) is 8.60. The van der Waals surface area contributed by atoms with Gasteiger partial charge in [-0.3, -0.25) is 4.79 Å². The summed E-state index contributed by atoms with van der Waals surface area (Å²) < 4.78 is 0. The summed E-state index contributed by atoms with van der Waals surface area (Å²) in [4.78, 5) is 12.2. The predicted molar refractivity (Wildman–Crippen MR) is 75.7 cm³/mol. The number of carbonyl (C=O) groups is 1. The Kier molecular flexibility index (Phi) is 3.56. The molecule has 0 bridgehead atoms. The molecule has 0 spiro atoms. The Hall–Kier alpha value is -1.35. The van der Waals surface area contributed by atoms with Crippen LogP contribution in [0.3, 0.4) is 0 Å². The first kappa shape index (κ1) is 12.7. The highest BCUT2D eigenvalue weighted by Crippen LogP contribution is 2.31. The van der Waals surface area contributed by atoms with Crippen molar-refractivity contribution in [3.8, 4) is 0 Å². The molecule has 3 N–H and O–H groups in total. The van der Waals surface area contributed by atoms with Crippen LogP contribution in [0.1, 0.15) is 30.4 Å². The molecule has 0 saturated heterocycles. The van der Waals surface area contributed by atoms with Gasteiger partial charge >= 0.3 is 0 Å². The van der Waals surface area contributed by atoms with Crippen LogP contribution in [0.4, 0.5) is 0 Å². The molecule has 1 aromatic rings. The second-order valence-electron chi connectivity index (χ2n) is 5.95. The minimum absolute atomic E-state index is 0.126. The van der Waals surface area contributed by atoms with E-state index in [0.29, 0.717) is 12.5 Å². The van der Waals surface area contributed by atoms with Gasteiger partial charge in [-0.15, -0.1) is 0 Å². The van der Waals surface area contributed by atoms with Crippen molar-refractivity contribution in [3.05, 3.63) is 35.4 Å². The highest BCUT2D eigenvalue weighted by atomic mass is 16.1. The van der Waals surface area contributed by atoms with E-state index in [-0.39, 0.29) is 17.9 Å². The Morgan fingerprint density at radius 1 is 1.26 bits per heavy atom. The first-order valence-electron chi connectivity index (χ1n) is 7.34. The van der Waals surface area contributed by atoms with Gasteiger partial charge in [-0.2, -0.15) is 0 Å². The first-order chi connectivity index (χ1) is 9.24. The number of rotatable bonds is 4. The second-order valence-corrected chi connectivity index (χ2v) is 5.95. The van der Waals surface area contributed by atoms with E-state index in [1.807, 2.05) is 0 Å². The molecular weight excluding hydrogens is 236 g/mol. The molecule has 102 valence electrons. The van der Waals surface area contributed by atoms with Crippen LogP contribution >= 0.6 is 0 Å². The van der Waals surface area contributed by atoms with Gasteiger partial charge in [0.25, 0.3) is 0 Å². The largest absolute Gasteiger partial charge is 0.354 e. The van der Waals surface area contributed by atoms with Crippen molar-refractivity contribution < 1.29 is 4.79 Å². The fourth-order valence-electron chi connectivity index (χ4n) is 2.98. The molecule has 0 heterocycles. The van der Waals surface area contributed by atoms with Crippen LogP contribution in [0.5, 0.6) is 0 Å². The van der Waals surface area contributed by atoms with Crippen LogP contribution in [0.25, 0.3) is 0 Å². The molecule has 2 unspecified atom stereocenters. The van der Waals surface area contributed by atoms with Gasteiger partial charge in [-0.1, -0.05) is 24.3 Å². The van der Waals surface area contributed by atoms with Crippen LogP contribution in [-0.2, 0) is 17.6 Å². The lowest BCUT2D eigenvalue weighted by atomic mass is 9.83. The number of hydrogen-bond donors (Lipinski definition) is 2.